The molecule has 0 aromatic carbocycles. The van der Waals surface area contributed by atoms with E-state index in [1.807, 2.05) is 5.57 Å². The van der Waals surface area contributed by atoms with Gasteiger partial charge < -0.3 is 0 Å². The summed E-state index contributed by atoms with van der Waals surface area (Å²) in [6.07, 6.45) is 20.9. The maximum Gasteiger partial charge on any atom is -0.00851 e. The lowest BCUT2D eigenvalue weighted by Crippen LogP contribution is -2.50. The second-order valence-corrected chi connectivity index (χ2v) is 12.9. The fourth-order valence-corrected chi connectivity index (χ4v) is 9.03. The monoisotopic (exact) mass is 410 g/mol. The van der Waals surface area contributed by atoms with Gasteiger partial charge in [-0.15, -0.1) is 0 Å². The molecule has 0 aliphatic heterocycles. The van der Waals surface area contributed by atoms with Crippen molar-refractivity contribution in [3.63, 3.8) is 0 Å². The normalized spacial score (nSPS) is 45.6. The molecular weight excluding hydrogens is 360 g/mol. The second-order valence-electron chi connectivity index (χ2n) is 12.9. The third-order valence-corrected chi connectivity index (χ3v) is 11.0. The van der Waals surface area contributed by atoms with Gasteiger partial charge in [-0.3, -0.25) is 0 Å². The third-order valence-electron chi connectivity index (χ3n) is 11.0. The molecule has 30 heavy (non-hydrogen) atoms. The first-order chi connectivity index (χ1) is 14.2. The summed E-state index contributed by atoms with van der Waals surface area (Å²) in [6, 6.07) is 0. The zero-order valence-corrected chi connectivity index (χ0v) is 21.2. The van der Waals surface area contributed by atoms with E-state index < -0.39 is 0 Å². The lowest BCUT2D eigenvalue weighted by Gasteiger charge is -2.58. The first-order valence-corrected chi connectivity index (χ1v) is 13.6. The molecule has 0 N–H and O–H groups in total. The zero-order valence-electron chi connectivity index (χ0n) is 21.2. The molecule has 0 aromatic rings. The zero-order chi connectivity index (χ0) is 21.7. The molecule has 0 nitrogen and oxygen atoms in total. The summed E-state index contributed by atoms with van der Waals surface area (Å²) in [7, 11) is 0. The highest BCUT2D eigenvalue weighted by Crippen LogP contribution is 2.67. The van der Waals surface area contributed by atoms with E-state index in [0.717, 1.165) is 47.3 Å². The van der Waals surface area contributed by atoms with Crippen LogP contribution in [-0.2, 0) is 0 Å². The summed E-state index contributed by atoms with van der Waals surface area (Å²) in [5, 5.41) is 0. The van der Waals surface area contributed by atoms with E-state index in [0.29, 0.717) is 10.8 Å². The van der Waals surface area contributed by atoms with Crippen LogP contribution in [0.2, 0.25) is 0 Å². The van der Waals surface area contributed by atoms with Gasteiger partial charge in [-0.2, -0.15) is 0 Å². The Bertz CT molecular complexity index is 668. The van der Waals surface area contributed by atoms with Crippen LogP contribution in [-0.4, -0.2) is 0 Å². The van der Waals surface area contributed by atoms with Crippen LogP contribution in [0, 0.1) is 58.2 Å². The van der Waals surface area contributed by atoms with E-state index in [9.17, 15) is 0 Å². The fourth-order valence-electron chi connectivity index (χ4n) is 9.03. The molecule has 0 radical (unpaired) electrons. The van der Waals surface area contributed by atoms with E-state index in [-0.39, 0.29) is 0 Å². The Hall–Kier alpha value is -0.520. The summed E-state index contributed by atoms with van der Waals surface area (Å²) < 4.78 is 0. The smallest absolute Gasteiger partial charge is 0.00851 e. The molecule has 3 saturated carbocycles. The van der Waals surface area contributed by atoms with Crippen molar-refractivity contribution < 1.29 is 0 Å². The molecule has 0 amide bonds. The molecule has 170 valence electrons. The SMILES string of the molecule is CC[C@H](/C=C/[C@@H](C)[C@H]1CCC2C3CC=C4C[C@@H](C)CC[C@]4(C)C3CC[C@@]21C)C(C)C. The van der Waals surface area contributed by atoms with Gasteiger partial charge in [0.25, 0.3) is 0 Å². The molecule has 0 aromatic heterocycles. The van der Waals surface area contributed by atoms with E-state index in [1.165, 1.54) is 57.8 Å². The predicted octanol–water partition coefficient (Wildman–Crippen LogP) is 9.08. The Labute approximate surface area is 188 Å². The minimum Gasteiger partial charge on any atom is -0.0851 e. The van der Waals surface area contributed by atoms with Crippen molar-refractivity contribution in [3.05, 3.63) is 23.8 Å². The van der Waals surface area contributed by atoms with Crippen LogP contribution in [0.25, 0.3) is 0 Å². The van der Waals surface area contributed by atoms with E-state index in [4.69, 9.17) is 0 Å². The molecule has 3 unspecified atom stereocenters. The van der Waals surface area contributed by atoms with Gasteiger partial charge in [0.2, 0.25) is 0 Å². The van der Waals surface area contributed by atoms with Crippen LogP contribution in [0.3, 0.4) is 0 Å². The minimum absolute atomic E-state index is 0.534. The number of allylic oxidation sites excluding steroid dienone is 4. The van der Waals surface area contributed by atoms with Crippen LogP contribution in [0.1, 0.15) is 106 Å². The highest BCUT2D eigenvalue weighted by molar-refractivity contribution is 5.25. The van der Waals surface area contributed by atoms with Gasteiger partial charge in [-0.05, 0) is 116 Å². The summed E-state index contributed by atoms with van der Waals surface area (Å²) in [5.74, 6) is 6.98. The van der Waals surface area contributed by atoms with Gasteiger partial charge in [0.1, 0.15) is 0 Å². The lowest BCUT2D eigenvalue weighted by molar-refractivity contribution is -0.0486. The average Bonchev–Trinajstić information content (AvgIpc) is 3.06. The highest BCUT2D eigenvalue weighted by Gasteiger charge is 2.58. The van der Waals surface area contributed by atoms with Gasteiger partial charge >= 0.3 is 0 Å². The van der Waals surface area contributed by atoms with Gasteiger partial charge in [0.05, 0.1) is 0 Å². The Balaban J connectivity index is 1.52. The van der Waals surface area contributed by atoms with Gasteiger partial charge in [-0.1, -0.05) is 72.3 Å². The quantitative estimate of drug-likeness (QED) is 0.396. The first kappa shape index (κ1) is 22.7. The maximum atomic E-state index is 2.74. The van der Waals surface area contributed by atoms with E-state index in [2.05, 4.69) is 66.7 Å². The Morgan fingerprint density at radius 2 is 1.77 bits per heavy atom. The van der Waals surface area contributed by atoms with Crippen LogP contribution < -0.4 is 0 Å². The number of hydrogen-bond acceptors (Lipinski definition) is 0. The molecule has 4 aliphatic rings. The average molecular weight is 411 g/mol. The fraction of sp³-hybridized carbons (Fsp3) is 0.867. The van der Waals surface area contributed by atoms with Crippen molar-refractivity contribution in [2.45, 2.75) is 106 Å². The van der Waals surface area contributed by atoms with Crippen molar-refractivity contribution in [3.8, 4) is 0 Å². The van der Waals surface area contributed by atoms with Crippen LogP contribution in [0.15, 0.2) is 23.8 Å². The second kappa shape index (κ2) is 8.44. The molecular formula is C30H50. The molecule has 0 bridgehead atoms. The van der Waals surface area contributed by atoms with Crippen molar-refractivity contribution >= 4 is 0 Å². The summed E-state index contributed by atoms with van der Waals surface area (Å²) in [6.45, 7) is 17.5. The van der Waals surface area contributed by atoms with Crippen LogP contribution in [0.5, 0.6) is 0 Å². The lowest BCUT2D eigenvalue weighted by atomic mass is 9.46. The van der Waals surface area contributed by atoms with E-state index in [1.54, 1.807) is 0 Å². The number of rotatable bonds is 5. The molecule has 0 heteroatoms. The Morgan fingerprint density at radius 3 is 2.47 bits per heavy atom. The standard InChI is InChI=1S/C30H50/c1-8-23(20(2)3)10-9-22(5)26-13-14-27-25-12-11-24-19-21(4)15-17-29(24,6)28(25)16-18-30(26,27)7/h9-11,20-23,25-28H,8,12-19H2,1-7H3/b10-9+/t21-,22+,23+,25?,26+,27?,28?,29-,30+/m0/s1. The van der Waals surface area contributed by atoms with Gasteiger partial charge in [0.15, 0.2) is 0 Å². The Kier molecular flexibility index (Phi) is 6.38. The topological polar surface area (TPSA) is 0 Å². The van der Waals surface area contributed by atoms with Gasteiger partial charge in [-0.25, -0.2) is 0 Å². The largest absolute Gasteiger partial charge is 0.0851 e. The number of fused-ring (bicyclic) bond motifs is 5. The molecule has 4 rings (SSSR count). The summed E-state index contributed by atoms with van der Waals surface area (Å²) in [4.78, 5) is 0. The molecule has 0 spiro atoms. The minimum atomic E-state index is 0.534. The maximum absolute atomic E-state index is 2.74. The Morgan fingerprint density at radius 1 is 1.00 bits per heavy atom. The molecule has 4 aliphatic carbocycles. The molecule has 0 heterocycles. The number of hydrogen-bond donors (Lipinski definition) is 0. The van der Waals surface area contributed by atoms with E-state index >= 15 is 0 Å². The predicted molar refractivity (Wildman–Crippen MR) is 131 cm³/mol. The van der Waals surface area contributed by atoms with Gasteiger partial charge in [0, 0.05) is 0 Å². The summed E-state index contributed by atoms with van der Waals surface area (Å²) in [5.41, 5.74) is 2.97. The van der Waals surface area contributed by atoms with Crippen molar-refractivity contribution in [1.82, 2.24) is 0 Å². The van der Waals surface area contributed by atoms with Crippen LogP contribution in [0.4, 0.5) is 0 Å². The van der Waals surface area contributed by atoms with Crippen LogP contribution >= 0.6 is 0 Å². The molecule has 0 saturated heterocycles. The molecule has 9 atom stereocenters. The van der Waals surface area contributed by atoms with Crippen molar-refractivity contribution in [1.29, 1.82) is 0 Å². The molecule has 3 fully saturated rings. The summed E-state index contributed by atoms with van der Waals surface area (Å²) >= 11 is 0. The highest BCUT2D eigenvalue weighted by atomic mass is 14.6. The first-order valence-electron chi connectivity index (χ1n) is 13.6. The van der Waals surface area contributed by atoms with Crippen molar-refractivity contribution in [2.24, 2.45) is 58.2 Å². The third kappa shape index (κ3) is 3.67. The van der Waals surface area contributed by atoms with Crippen molar-refractivity contribution in [2.75, 3.05) is 0 Å².